The molecule has 1 aliphatic heterocycles. The van der Waals surface area contributed by atoms with Gasteiger partial charge in [0.15, 0.2) is 0 Å². The van der Waals surface area contributed by atoms with Gasteiger partial charge in [-0.25, -0.2) is 0 Å². The van der Waals surface area contributed by atoms with Crippen molar-refractivity contribution in [3.63, 3.8) is 0 Å². The van der Waals surface area contributed by atoms with Gasteiger partial charge in [0.05, 0.1) is 6.42 Å². The molecule has 1 fully saturated rings. The van der Waals surface area contributed by atoms with E-state index in [1.165, 1.54) is 16.7 Å². The van der Waals surface area contributed by atoms with Gasteiger partial charge in [0.25, 0.3) is 0 Å². The number of esters is 1. The van der Waals surface area contributed by atoms with Crippen molar-refractivity contribution in [1.82, 2.24) is 0 Å². The largest absolute Gasteiger partial charge is 0.457 e. The average molecular weight is 236 g/mol. The number of benzene rings is 2. The second-order valence-electron chi connectivity index (χ2n) is 4.90. The van der Waals surface area contributed by atoms with E-state index in [-0.39, 0.29) is 18.0 Å². The average Bonchev–Trinajstić information content (AvgIpc) is 2.81. The predicted octanol–water partition coefficient (Wildman–Crippen LogP) is 3.44. The molecule has 0 spiro atoms. The Morgan fingerprint density at radius 1 is 0.889 bits per heavy atom. The van der Waals surface area contributed by atoms with Crippen LogP contribution in [-0.2, 0) is 9.53 Å². The molecule has 0 aromatic heterocycles. The van der Waals surface area contributed by atoms with Crippen LogP contribution in [0, 0.1) is 0 Å². The van der Waals surface area contributed by atoms with Crippen molar-refractivity contribution in [1.29, 1.82) is 0 Å². The second-order valence-corrected chi connectivity index (χ2v) is 4.90. The lowest BCUT2D eigenvalue weighted by Crippen LogP contribution is -2.13. The van der Waals surface area contributed by atoms with Crippen molar-refractivity contribution in [3.8, 4) is 11.1 Å². The third kappa shape index (κ3) is 1.20. The van der Waals surface area contributed by atoms with E-state index in [1.807, 2.05) is 24.3 Å². The van der Waals surface area contributed by atoms with Crippen molar-refractivity contribution in [3.05, 3.63) is 59.7 Å². The summed E-state index contributed by atoms with van der Waals surface area (Å²) in [5.41, 5.74) is 4.83. The Labute approximate surface area is 105 Å². The summed E-state index contributed by atoms with van der Waals surface area (Å²) in [6.45, 7) is 0. The van der Waals surface area contributed by atoms with Crippen molar-refractivity contribution in [2.75, 3.05) is 0 Å². The first kappa shape index (κ1) is 9.89. The van der Waals surface area contributed by atoms with E-state index < -0.39 is 0 Å². The molecular formula is C16H12O2. The third-order valence-corrected chi connectivity index (χ3v) is 3.93. The van der Waals surface area contributed by atoms with E-state index in [1.54, 1.807) is 0 Å². The number of fused-ring (bicyclic) bond motifs is 6. The standard InChI is InChI=1S/C16H12O2/c17-15-9-14-12-7-2-1-5-10(12)11-6-3-4-8-13(11)16(14)18-15/h1-8,14,16H,9H2/t14-,16-/m1/s1. The highest BCUT2D eigenvalue weighted by Crippen LogP contribution is 2.51. The zero-order valence-corrected chi connectivity index (χ0v) is 9.80. The molecule has 0 bridgehead atoms. The van der Waals surface area contributed by atoms with Gasteiger partial charge < -0.3 is 4.74 Å². The molecule has 2 heteroatoms. The van der Waals surface area contributed by atoms with Crippen LogP contribution in [0.1, 0.15) is 29.6 Å². The van der Waals surface area contributed by atoms with E-state index in [9.17, 15) is 4.79 Å². The molecule has 0 amide bonds. The summed E-state index contributed by atoms with van der Waals surface area (Å²) < 4.78 is 5.51. The minimum absolute atomic E-state index is 0.0866. The Morgan fingerprint density at radius 2 is 1.50 bits per heavy atom. The molecule has 0 radical (unpaired) electrons. The minimum Gasteiger partial charge on any atom is -0.457 e. The van der Waals surface area contributed by atoms with Crippen LogP contribution in [0.15, 0.2) is 48.5 Å². The smallest absolute Gasteiger partial charge is 0.307 e. The molecule has 88 valence electrons. The van der Waals surface area contributed by atoms with Gasteiger partial charge in [0, 0.05) is 11.5 Å². The normalized spacial score (nSPS) is 23.9. The summed E-state index contributed by atoms with van der Waals surface area (Å²) in [4.78, 5) is 11.6. The highest BCUT2D eigenvalue weighted by atomic mass is 16.5. The first-order chi connectivity index (χ1) is 8.84. The van der Waals surface area contributed by atoms with Crippen LogP contribution >= 0.6 is 0 Å². The Balaban J connectivity index is 2.03. The van der Waals surface area contributed by atoms with Crippen LogP contribution < -0.4 is 0 Å². The molecule has 4 rings (SSSR count). The molecule has 2 aliphatic rings. The lowest BCUT2D eigenvalue weighted by atomic mass is 9.77. The second kappa shape index (κ2) is 3.45. The van der Waals surface area contributed by atoms with E-state index in [4.69, 9.17) is 4.74 Å². The number of carbonyl (C=O) groups is 1. The zero-order chi connectivity index (χ0) is 12.1. The minimum atomic E-state index is -0.0939. The predicted molar refractivity (Wildman–Crippen MR) is 68.1 cm³/mol. The van der Waals surface area contributed by atoms with Crippen molar-refractivity contribution in [2.24, 2.45) is 0 Å². The molecule has 2 nitrogen and oxygen atoms in total. The quantitative estimate of drug-likeness (QED) is 0.655. The topological polar surface area (TPSA) is 26.3 Å². The van der Waals surface area contributed by atoms with E-state index >= 15 is 0 Å². The van der Waals surface area contributed by atoms with E-state index in [0.717, 1.165) is 5.56 Å². The summed E-state index contributed by atoms with van der Waals surface area (Å²) in [6.07, 6.45) is 0.402. The molecule has 2 aromatic rings. The maximum atomic E-state index is 11.6. The monoisotopic (exact) mass is 236 g/mol. The van der Waals surface area contributed by atoms with Crippen molar-refractivity contribution >= 4 is 5.97 Å². The van der Waals surface area contributed by atoms with Gasteiger partial charge in [-0.05, 0) is 16.7 Å². The van der Waals surface area contributed by atoms with Crippen LogP contribution in [0.4, 0.5) is 0 Å². The highest BCUT2D eigenvalue weighted by Gasteiger charge is 2.42. The SMILES string of the molecule is O=C1C[C@@H]2c3ccccc3-c3ccccc3[C@H]2O1. The van der Waals surface area contributed by atoms with E-state index in [0.29, 0.717) is 6.42 Å². The number of hydrogen-bond donors (Lipinski definition) is 0. The fraction of sp³-hybridized carbons (Fsp3) is 0.188. The molecule has 1 heterocycles. The van der Waals surface area contributed by atoms with Crippen LogP contribution in [0.5, 0.6) is 0 Å². The van der Waals surface area contributed by atoms with Crippen molar-refractivity contribution in [2.45, 2.75) is 18.4 Å². The molecule has 0 N–H and O–H groups in total. The van der Waals surface area contributed by atoms with Gasteiger partial charge in [-0.2, -0.15) is 0 Å². The van der Waals surface area contributed by atoms with E-state index in [2.05, 4.69) is 24.3 Å². The first-order valence-corrected chi connectivity index (χ1v) is 6.22. The molecule has 1 saturated heterocycles. The van der Waals surface area contributed by atoms with Gasteiger partial charge in [0.1, 0.15) is 6.10 Å². The van der Waals surface area contributed by atoms with Crippen LogP contribution in [0.3, 0.4) is 0 Å². The first-order valence-electron chi connectivity index (χ1n) is 6.22. The summed E-state index contributed by atoms with van der Waals surface area (Å²) in [6, 6.07) is 16.6. The summed E-state index contributed by atoms with van der Waals surface area (Å²) in [5.74, 6) is 0.0973. The van der Waals surface area contributed by atoms with Crippen LogP contribution in [0.2, 0.25) is 0 Å². The molecule has 0 unspecified atom stereocenters. The molecule has 2 atom stereocenters. The molecule has 18 heavy (non-hydrogen) atoms. The Hall–Kier alpha value is -2.09. The van der Waals surface area contributed by atoms with Gasteiger partial charge in [-0.1, -0.05) is 48.5 Å². The number of rotatable bonds is 0. The molecule has 2 aromatic carbocycles. The lowest BCUT2D eigenvalue weighted by molar-refractivity contribution is -0.141. The Kier molecular flexibility index (Phi) is 1.90. The van der Waals surface area contributed by atoms with Gasteiger partial charge in [-0.3, -0.25) is 4.79 Å². The fourth-order valence-corrected chi connectivity index (χ4v) is 3.17. The molecule has 0 saturated carbocycles. The summed E-state index contributed by atoms with van der Waals surface area (Å²) in [7, 11) is 0. The lowest BCUT2D eigenvalue weighted by Gasteiger charge is -2.28. The summed E-state index contributed by atoms with van der Waals surface area (Å²) in [5, 5.41) is 0. The Bertz CT molecular complexity index is 590. The third-order valence-electron chi connectivity index (χ3n) is 3.93. The van der Waals surface area contributed by atoms with Gasteiger partial charge in [0.2, 0.25) is 0 Å². The number of carbonyl (C=O) groups excluding carboxylic acids is 1. The Morgan fingerprint density at radius 3 is 2.28 bits per heavy atom. The maximum absolute atomic E-state index is 11.6. The number of ether oxygens (including phenoxy) is 1. The van der Waals surface area contributed by atoms with Crippen LogP contribution in [0.25, 0.3) is 11.1 Å². The summed E-state index contributed by atoms with van der Waals surface area (Å²) >= 11 is 0. The molecule has 1 aliphatic carbocycles. The maximum Gasteiger partial charge on any atom is 0.307 e. The van der Waals surface area contributed by atoms with Crippen molar-refractivity contribution < 1.29 is 9.53 Å². The van der Waals surface area contributed by atoms with Gasteiger partial charge in [-0.15, -0.1) is 0 Å². The van der Waals surface area contributed by atoms with Gasteiger partial charge >= 0.3 is 5.97 Å². The fourth-order valence-electron chi connectivity index (χ4n) is 3.17. The zero-order valence-electron chi connectivity index (χ0n) is 9.80. The van der Waals surface area contributed by atoms with Crippen LogP contribution in [-0.4, -0.2) is 5.97 Å². The molecular weight excluding hydrogens is 224 g/mol. The number of hydrogen-bond acceptors (Lipinski definition) is 2. The highest BCUT2D eigenvalue weighted by molar-refractivity contribution is 5.81.